The third-order valence-corrected chi connectivity index (χ3v) is 5.76. The van der Waals surface area contributed by atoms with Crippen molar-refractivity contribution < 1.29 is 0 Å². The van der Waals surface area contributed by atoms with E-state index in [0.717, 1.165) is 6.42 Å². The van der Waals surface area contributed by atoms with E-state index < -0.39 is 0 Å². The molecule has 0 fully saturated rings. The van der Waals surface area contributed by atoms with Crippen LogP contribution in [0.2, 0.25) is 0 Å². The summed E-state index contributed by atoms with van der Waals surface area (Å²) in [4.78, 5) is 0. The Morgan fingerprint density at radius 2 is 1.37 bits per heavy atom. The molecule has 0 aliphatic heterocycles. The van der Waals surface area contributed by atoms with Crippen LogP contribution in [0, 0.1) is 13.8 Å². The molecule has 27 heavy (non-hydrogen) atoms. The molecule has 136 valence electrons. The second kappa shape index (κ2) is 6.53. The Hall–Kier alpha value is -2.60. The zero-order valence-electron chi connectivity index (χ0n) is 17.1. The first-order valence-corrected chi connectivity index (χ1v) is 9.84. The lowest BCUT2D eigenvalue weighted by Gasteiger charge is -2.19. The summed E-state index contributed by atoms with van der Waals surface area (Å²) in [5.41, 5.74) is 12.6. The number of hydrogen-bond acceptors (Lipinski definition) is 0. The first kappa shape index (κ1) is 17.8. The summed E-state index contributed by atoms with van der Waals surface area (Å²) in [5, 5.41) is 0. The van der Waals surface area contributed by atoms with Crippen LogP contribution in [0.25, 0.3) is 22.8 Å². The Morgan fingerprint density at radius 1 is 0.741 bits per heavy atom. The van der Waals surface area contributed by atoms with Crippen molar-refractivity contribution in [1.29, 1.82) is 0 Å². The molecule has 0 unspecified atom stereocenters. The summed E-state index contributed by atoms with van der Waals surface area (Å²) in [5.74, 6) is 0. The van der Waals surface area contributed by atoms with Crippen LogP contribution in [0.1, 0.15) is 54.2 Å². The Kier molecular flexibility index (Phi) is 4.30. The van der Waals surface area contributed by atoms with Gasteiger partial charge in [-0.1, -0.05) is 81.4 Å². The van der Waals surface area contributed by atoms with Crippen LogP contribution in [-0.2, 0) is 11.8 Å². The van der Waals surface area contributed by atoms with Gasteiger partial charge in [-0.25, -0.2) is 0 Å². The summed E-state index contributed by atoms with van der Waals surface area (Å²) in [6, 6.07) is 22.4. The number of hydrogen-bond donors (Lipinski definition) is 0. The van der Waals surface area contributed by atoms with E-state index in [0.29, 0.717) is 0 Å². The maximum absolute atomic E-state index is 2.41. The van der Waals surface area contributed by atoms with Crippen LogP contribution >= 0.6 is 0 Å². The average molecular weight is 353 g/mol. The van der Waals surface area contributed by atoms with Crippen LogP contribution in [0.3, 0.4) is 0 Å². The van der Waals surface area contributed by atoms with Gasteiger partial charge in [0.05, 0.1) is 0 Å². The number of allylic oxidation sites excluding steroid dienone is 1. The van der Waals surface area contributed by atoms with Gasteiger partial charge in [-0.15, -0.1) is 0 Å². The molecule has 1 aliphatic carbocycles. The molecule has 3 aromatic rings. The van der Waals surface area contributed by atoms with Crippen molar-refractivity contribution in [2.24, 2.45) is 0 Å². The second-order valence-electron chi connectivity index (χ2n) is 8.82. The molecule has 0 spiro atoms. The fourth-order valence-electron chi connectivity index (χ4n) is 4.25. The predicted molar refractivity (Wildman–Crippen MR) is 118 cm³/mol. The van der Waals surface area contributed by atoms with Gasteiger partial charge >= 0.3 is 0 Å². The van der Waals surface area contributed by atoms with Crippen LogP contribution in [0.4, 0.5) is 0 Å². The maximum atomic E-state index is 2.41. The monoisotopic (exact) mass is 352 g/mol. The van der Waals surface area contributed by atoms with Gasteiger partial charge in [0.1, 0.15) is 0 Å². The standard InChI is InChI=1S/C27H28/c1-18-8-6-9-19(2)26(18)22-16-21-10-7-11-24(25(21)17-22)20-12-14-23(15-13-20)27(3,4)5/h6-15,17H,16H2,1-5H3. The lowest BCUT2D eigenvalue weighted by molar-refractivity contribution is 0.590. The highest BCUT2D eigenvalue weighted by molar-refractivity contribution is 5.95. The summed E-state index contributed by atoms with van der Waals surface area (Å²) < 4.78 is 0. The lowest BCUT2D eigenvalue weighted by Crippen LogP contribution is -2.10. The molecule has 0 saturated heterocycles. The third-order valence-electron chi connectivity index (χ3n) is 5.76. The number of fused-ring (bicyclic) bond motifs is 1. The first-order chi connectivity index (χ1) is 12.8. The van der Waals surface area contributed by atoms with Gasteiger partial charge in [-0.2, -0.15) is 0 Å². The van der Waals surface area contributed by atoms with E-state index in [1.165, 1.54) is 50.1 Å². The molecule has 0 amide bonds. The minimum absolute atomic E-state index is 0.187. The smallest absolute Gasteiger partial charge is 0.00132 e. The van der Waals surface area contributed by atoms with Crippen molar-refractivity contribution in [3.8, 4) is 11.1 Å². The largest absolute Gasteiger partial charge is 0.0617 e. The highest BCUT2D eigenvalue weighted by Crippen LogP contribution is 2.39. The fraction of sp³-hybridized carbons (Fsp3) is 0.259. The van der Waals surface area contributed by atoms with E-state index in [2.05, 4.69) is 101 Å². The molecule has 0 radical (unpaired) electrons. The fourth-order valence-corrected chi connectivity index (χ4v) is 4.25. The topological polar surface area (TPSA) is 0 Å². The zero-order valence-corrected chi connectivity index (χ0v) is 17.1. The predicted octanol–water partition coefficient (Wildman–Crippen LogP) is 7.36. The molecule has 0 bridgehead atoms. The first-order valence-electron chi connectivity index (χ1n) is 9.84. The Balaban J connectivity index is 1.78. The summed E-state index contributed by atoms with van der Waals surface area (Å²) in [7, 11) is 0. The van der Waals surface area contributed by atoms with Gasteiger partial charge in [0.15, 0.2) is 0 Å². The molecule has 1 aliphatic rings. The molecule has 4 rings (SSSR count). The van der Waals surface area contributed by atoms with E-state index in [4.69, 9.17) is 0 Å². The average Bonchev–Trinajstić information content (AvgIpc) is 3.04. The van der Waals surface area contributed by atoms with Crippen molar-refractivity contribution in [2.75, 3.05) is 0 Å². The van der Waals surface area contributed by atoms with Gasteiger partial charge in [0.25, 0.3) is 0 Å². The van der Waals surface area contributed by atoms with Crippen molar-refractivity contribution in [3.05, 3.63) is 94.0 Å². The highest BCUT2D eigenvalue weighted by Gasteiger charge is 2.20. The second-order valence-corrected chi connectivity index (χ2v) is 8.82. The van der Waals surface area contributed by atoms with Gasteiger partial charge in [0.2, 0.25) is 0 Å². The SMILES string of the molecule is Cc1cccc(C)c1C1=Cc2c(cccc2-c2ccc(C(C)(C)C)cc2)C1. The Labute approximate surface area is 163 Å². The molecular weight excluding hydrogens is 324 g/mol. The molecule has 3 aromatic carbocycles. The molecule has 0 heterocycles. The summed E-state index contributed by atoms with van der Waals surface area (Å²) in [6.45, 7) is 11.2. The quantitative estimate of drug-likeness (QED) is 0.452. The van der Waals surface area contributed by atoms with Gasteiger partial charge < -0.3 is 0 Å². The van der Waals surface area contributed by atoms with Crippen LogP contribution < -0.4 is 0 Å². The molecule has 0 atom stereocenters. The minimum atomic E-state index is 0.187. The van der Waals surface area contributed by atoms with Crippen LogP contribution in [-0.4, -0.2) is 0 Å². The lowest BCUT2D eigenvalue weighted by atomic mass is 9.86. The van der Waals surface area contributed by atoms with Gasteiger partial charge in [-0.05, 0) is 81.8 Å². The van der Waals surface area contributed by atoms with Crippen molar-refractivity contribution in [3.63, 3.8) is 0 Å². The van der Waals surface area contributed by atoms with E-state index in [1.54, 1.807) is 0 Å². The number of rotatable bonds is 2. The Bertz CT molecular complexity index is 1000. The van der Waals surface area contributed by atoms with Crippen LogP contribution in [0.5, 0.6) is 0 Å². The molecule has 0 heteroatoms. The normalized spacial score (nSPS) is 13.4. The molecule has 0 aromatic heterocycles. The number of aryl methyl sites for hydroxylation is 2. The van der Waals surface area contributed by atoms with Crippen molar-refractivity contribution in [2.45, 2.75) is 46.5 Å². The van der Waals surface area contributed by atoms with E-state index in [9.17, 15) is 0 Å². The summed E-state index contributed by atoms with van der Waals surface area (Å²) >= 11 is 0. The van der Waals surface area contributed by atoms with E-state index in [-0.39, 0.29) is 5.41 Å². The van der Waals surface area contributed by atoms with Gasteiger partial charge in [0, 0.05) is 0 Å². The minimum Gasteiger partial charge on any atom is -0.0617 e. The Morgan fingerprint density at radius 3 is 2.00 bits per heavy atom. The number of benzene rings is 3. The third kappa shape index (κ3) is 3.25. The molecule has 0 nitrogen and oxygen atoms in total. The molecular formula is C27H28. The maximum Gasteiger partial charge on any atom is -0.00132 e. The van der Waals surface area contributed by atoms with Crippen LogP contribution in [0.15, 0.2) is 60.7 Å². The highest BCUT2D eigenvalue weighted by atomic mass is 14.2. The van der Waals surface area contributed by atoms with Crippen molar-refractivity contribution in [1.82, 2.24) is 0 Å². The zero-order chi connectivity index (χ0) is 19.2. The molecule has 0 saturated carbocycles. The van der Waals surface area contributed by atoms with E-state index in [1.807, 2.05) is 0 Å². The van der Waals surface area contributed by atoms with Gasteiger partial charge in [-0.3, -0.25) is 0 Å². The van der Waals surface area contributed by atoms with E-state index >= 15 is 0 Å². The summed E-state index contributed by atoms with van der Waals surface area (Å²) in [6.07, 6.45) is 3.44. The van der Waals surface area contributed by atoms with Crippen molar-refractivity contribution >= 4 is 11.6 Å². The molecule has 0 N–H and O–H groups in total.